The molecule has 10 heavy (non-hydrogen) atoms. The Bertz CT molecular complexity index is 245. The summed E-state index contributed by atoms with van der Waals surface area (Å²) in [5.74, 6) is 0.395. The first kappa shape index (κ1) is 7.31. The fraction of sp³-hybridized carbons (Fsp3) is 0.200. The average Bonchev–Trinajstić information content (AvgIpc) is 2.11. The summed E-state index contributed by atoms with van der Waals surface area (Å²) in [5, 5.41) is 7.24. The van der Waals surface area contributed by atoms with Crippen LogP contribution < -0.4 is 5.73 Å². The maximum absolute atomic E-state index is 7.24. The molecule has 4 nitrogen and oxygen atoms in total. The molecule has 0 aliphatic rings. The Morgan fingerprint density at radius 2 is 2.50 bits per heavy atom. The Morgan fingerprint density at radius 1 is 1.90 bits per heavy atom. The van der Waals surface area contributed by atoms with Crippen molar-refractivity contribution in [1.82, 2.24) is 9.55 Å². The first-order chi connectivity index (χ1) is 4.63. The summed E-state index contributed by atoms with van der Waals surface area (Å²) in [6, 6.07) is 0. The first-order valence-electron chi connectivity index (χ1n) is 2.65. The van der Waals surface area contributed by atoms with Gasteiger partial charge < -0.3 is 0 Å². The van der Waals surface area contributed by atoms with E-state index in [1.54, 1.807) is 17.9 Å². The van der Waals surface area contributed by atoms with Gasteiger partial charge in [0.1, 0.15) is 0 Å². The van der Waals surface area contributed by atoms with Crippen molar-refractivity contribution in [2.45, 2.75) is 0 Å². The topological polar surface area (TPSA) is 67.7 Å². The molecule has 53 valence electrons. The predicted octanol–water partition coefficient (Wildman–Crippen LogP) is -0.504. The van der Waals surface area contributed by atoms with E-state index in [1.807, 2.05) is 0 Å². The fourth-order valence-electron chi connectivity index (χ4n) is 0.725. The Morgan fingerprint density at radius 3 is 2.70 bits per heavy atom. The van der Waals surface area contributed by atoms with Gasteiger partial charge >= 0.3 is 66.2 Å². The molecule has 0 bridgehead atoms. The maximum atomic E-state index is 7.24. The van der Waals surface area contributed by atoms with E-state index >= 15 is 0 Å². The molecule has 0 atom stereocenters. The van der Waals surface area contributed by atoms with E-state index in [-0.39, 0.29) is 0 Å². The molecular formula is C5H7N4Se. The van der Waals surface area contributed by atoms with Gasteiger partial charge in [0.15, 0.2) is 0 Å². The molecule has 5 heteroatoms. The minimum absolute atomic E-state index is 0.317. The number of nitrogens with two attached hydrogens (primary N) is 1. The molecule has 0 fully saturated rings. The zero-order valence-corrected chi connectivity index (χ0v) is 7.17. The molecule has 0 amide bonds. The summed E-state index contributed by atoms with van der Waals surface area (Å²) in [4.78, 5) is 3.82. The third kappa shape index (κ3) is 1.05. The van der Waals surface area contributed by atoms with E-state index in [4.69, 9.17) is 11.1 Å². The second-order valence-electron chi connectivity index (χ2n) is 1.92. The van der Waals surface area contributed by atoms with Crippen LogP contribution >= 0.6 is 0 Å². The molecular weight excluding hydrogens is 195 g/mol. The number of hydrogen-bond donors (Lipinski definition) is 2. The number of nitrogen functional groups attached to an aromatic ring is 1. The van der Waals surface area contributed by atoms with Gasteiger partial charge in [0.25, 0.3) is 0 Å². The molecule has 0 unspecified atom stereocenters. The minimum atomic E-state index is 0.317. The van der Waals surface area contributed by atoms with Gasteiger partial charge in [0, 0.05) is 0 Å². The summed E-state index contributed by atoms with van der Waals surface area (Å²) >= 11 is 2.57. The van der Waals surface area contributed by atoms with Crippen molar-refractivity contribution < 1.29 is 0 Å². The number of anilines is 1. The van der Waals surface area contributed by atoms with Crippen LogP contribution in [-0.4, -0.2) is 30.2 Å². The van der Waals surface area contributed by atoms with Crippen LogP contribution in [0.2, 0.25) is 0 Å². The number of nitrogens with zero attached hydrogens (tertiary/aromatic N) is 2. The van der Waals surface area contributed by atoms with Crippen molar-refractivity contribution in [1.29, 1.82) is 5.41 Å². The summed E-state index contributed by atoms with van der Waals surface area (Å²) in [6.07, 6.45) is 1.58. The van der Waals surface area contributed by atoms with E-state index in [2.05, 4.69) is 21.0 Å². The van der Waals surface area contributed by atoms with Gasteiger partial charge in [0.05, 0.1) is 0 Å². The van der Waals surface area contributed by atoms with Crippen molar-refractivity contribution in [3.8, 4) is 0 Å². The van der Waals surface area contributed by atoms with Gasteiger partial charge in [-0.1, -0.05) is 0 Å². The number of nitrogens with one attached hydrogen (secondary N) is 1. The normalized spacial score (nSPS) is 9.70. The van der Waals surface area contributed by atoms with Crippen LogP contribution in [0.5, 0.6) is 0 Å². The molecule has 1 radical (unpaired) electrons. The van der Waals surface area contributed by atoms with E-state index in [1.165, 1.54) is 0 Å². The first-order valence-corrected chi connectivity index (χ1v) is 3.51. The molecule has 0 aromatic carbocycles. The summed E-state index contributed by atoms with van der Waals surface area (Å²) in [7, 11) is 1.80. The van der Waals surface area contributed by atoms with Crippen molar-refractivity contribution in [3.63, 3.8) is 0 Å². The molecule has 1 aromatic heterocycles. The Kier molecular flexibility index (Phi) is 1.78. The molecule has 0 saturated heterocycles. The van der Waals surface area contributed by atoms with Crippen molar-refractivity contribution >= 4 is 26.4 Å². The SMILES string of the molecule is Cn1cnc(N)c1C(=N)[Se]. The van der Waals surface area contributed by atoms with Crippen LogP contribution in [0.15, 0.2) is 6.33 Å². The molecule has 3 N–H and O–H groups in total. The molecule has 0 aliphatic heterocycles. The molecule has 1 aromatic rings. The number of aryl methyl sites for hydroxylation is 1. The summed E-state index contributed by atoms with van der Waals surface area (Å²) < 4.78 is 2.02. The number of rotatable bonds is 1. The molecule has 1 rings (SSSR count). The number of hydrogen-bond acceptors (Lipinski definition) is 3. The number of imidazole rings is 1. The summed E-state index contributed by atoms with van der Waals surface area (Å²) in [6.45, 7) is 0. The average molecular weight is 202 g/mol. The molecule has 0 saturated carbocycles. The molecule has 1 heterocycles. The number of aromatic nitrogens is 2. The van der Waals surface area contributed by atoms with E-state index in [9.17, 15) is 0 Å². The third-order valence-corrected chi connectivity index (χ3v) is 1.59. The Balaban J connectivity index is 3.23. The van der Waals surface area contributed by atoms with Gasteiger partial charge in [-0.15, -0.1) is 0 Å². The van der Waals surface area contributed by atoms with Crippen LogP contribution in [0.1, 0.15) is 5.69 Å². The van der Waals surface area contributed by atoms with E-state index in [0.717, 1.165) is 0 Å². The van der Waals surface area contributed by atoms with Crippen molar-refractivity contribution in [2.75, 3.05) is 5.73 Å². The van der Waals surface area contributed by atoms with Gasteiger partial charge in [-0.2, -0.15) is 0 Å². The van der Waals surface area contributed by atoms with Gasteiger partial charge in [-0.3, -0.25) is 0 Å². The van der Waals surface area contributed by atoms with Gasteiger partial charge in [-0.25, -0.2) is 0 Å². The van der Waals surface area contributed by atoms with Crippen molar-refractivity contribution in [2.24, 2.45) is 7.05 Å². The van der Waals surface area contributed by atoms with Crippen LogP contribution in [0.3, 0.4) is 0 Å². The zero-order chi connectivity index (χ0) is 7.72. The van der Waals surface area contributed by atoms with Crippen LogP contribution in [0.25, 0.3) is 0 Å². The quantitative estimate of drug-likeness (QED) is 0.476. The Labute approximate surface area is 66.8 Å². The van der Waals surface area contributed by atoms with Crippen LogP contribution in [0.4, 0.5) is 5.82 Å². The van der Waals surface area contributed by atoms with Gasteiger partial charge in [0.2, 0.25) is 0 Å². The predicted molar refractivity (Wildman–Crippen MR) is 40.2 cm³/mol. The zero-order valence-electron chi connectivity index (χ0n) is 5.46. The van der Waals surface area contributed by atoms with Crippen LogP contribution in [-0.2, 0) is 7.05 Å². The van der Waals surface area contributed by atoms with Crippen molar-refractivity contribution in [3.05, 3.63) is 12.0 Å². The second-order valence-corrected chi connectivity index (χ2v) is 2.77. The molecule has 0 aliphatic carbocycles. The standard InChI is InChI=1S/C5H7N4Se/c1-9-2-8-4(6)3(9)5(7)10/h2,7H,6H2,1H3. The third-order valence-electron chi connectivity index (χ3n) is 1.18. The fourth-order valence-corrected chi connectivity index (χ4v) is 1.25. The van der Waals surface area contributed by atoms with Gasteiger partial charge in [-0.05, 0) is 0 Å². The summed E-state index contributed by atoms with van der Waals surface area (Å²) in [5.41, 5.74) is 6.09. The monoisotopic (exact) mass is 203 g/mol. The van der Waals surface area contributed by atoms with Crippen LogP contribution in [0, 0.1) is 5.41 Å². The van der Waals surface area contributed by atoms with E-state index < -0.39 is 0 Å². The molecule has 0 spiro atoms. The second kappa shape index (κ2) is 2.44. The Hall–Kier alpha value is -0.801. The van der Waals surface area contributed by atoms with E-state index in [0.29, 0.717) is 16.1 Å².